The largest absolute Gasteiger partial charge is 0.347 e. The number of carbonyl (C=O) groups is 3. The number of nitrogens with zero attached hydrogens (tertiary/aromatic N) is 2. The molecule has 0 aromatic heterocycles. The lowest BCUT2D eigenvalue weighted by atomic mass is 9.84. The first-order valence-electron chi connectivity index (χ1n) is 9.97. The third-order valence-electron chi connectivity index (χ3n) is 5.11. The highest BCUT2D eigenvalue weighted by atomic mass is 16.5. The predicted octanol–water partition coefficient (Wildman–Crippen LogP) is 2.48. The molecule has 7 heteroatoms. The monoisotopic (exact) mass is 405 g/mol. The lowest BCUT2D eigenvalue weighted by Gasteiger charge is -2.35. The molecule has 0 radical (unpaired) electrons. The van der Waals surface area contributed by atoms with Crippen LogP contribution in [-0.4, -0.2) is 59.6 Å². The van der Waals surface area contributed by atoms with E-state index in [1.807, 2.05) is 51.1 Å². The van der Waals surface area contributed by atoms with Crippen molar-refractivity contribution < 1.29 is 19.6 Å². The molecule has 1 aromatic carbocycles. The first-order valence-corrected chi connectivity index (χ1v) is 9.97. The van der Waals surface area contributed by atoms with Crippen LogP contribution in [0.4, 0.5) is 0 Å². The van der Waals surface area contributed by atoms with E-state index in [-0.39, 0.29) is 11.8 Å². The number of amides is 3. The van der Waals surface area contributed by atoms with Crippen molar-refractivity contribution >= 4 is 18.2 Å². The van der Waals surface area contributed by atoms with Crippen molar-refractivity contribution in [3.63, 3.8) is 0 Å². The molecule has 0 fully saturated rings. The predicted molar refractivity (Wildman–Crippen MR) is 112 cm³/mol. The Balaban J connectivity index is 2.95. The van der Waals surface area contributed by atoms with Crippen LogP contribution in [0.3, 0.4) is 0 Å². The summed E-state index contributed by atoms with van der Waals surface area (Å²) in [6, 6.07) is 8.50. The molecule has 0 heterocycles. The first kappa shape index (κ1) is 24.6. The summed E-state index contributed by atoms with van der Waals surface area (Å²) in [5, 5.41) is 13.2. The van der Waals surface area contributed by atoms with E-state index in [1.165, 1.54) is 4.90 Å². The van der Waals surface area contributed by atoms with Gasteiger partial charge in [0.15, 0.2) is 0 Å². The summed E-state index contributed by atoms with van der Waals surface area (Å²) in [6.45, 7) is 7.28. The summed E-state index contributed by atoms with van der Waals surface area (Å²) in [5.74, 6) is -1.19. The van der Waals surface area contributed by atoms with Gasteiger partial charge in [-0.15, -0.1) is 0 Å². The maximum Gasteiger partial charge on any atom is 0.245 e. The summed E-state index contributed by atoms with van der Waals surface area (Å²) in [6.07, 6.45) is 2.26. The molecule has 7 nitrogen and oxygen atoms in total. The van der Waals surface area contributed by atoms with E-state index in [2.05, 4.69) is 5.32 Å². The molecule has 3 amide bonds. The van der Waals surface area contributed by atoms with Gasteiger partial charge in [0.25, 0.3) is 0 Å². The van der Waals surface area contributed by atoms with E-state index in [1.54, 1.807) is 21.0 Å². The van der Waals surface area contributed by atoms with Gasteiger partial charge in [0.2, 0.25) is 18.2 Å². The number of hydrogen-bond acceptors (Lipinski definition) is 4. The quantitative estimate of drug-likeness (QED) is 0.355. The number of likely N-dealkylation sites (N-methyl/N-ethyl adjacent to an activating group) is 1. The summed E-state index contributed by atoms with van der Waals surface area (Å²) in [7, 11) is 3.30. The first-order chi connectivity index (χ1) is 13.5. The average Bonchev–Trinajstić information content (AvgIpc) is 2.67. The van der Waals surface area contributed by atoms with E-state index in [0.29, 0.717) is 24.3 Å². The van der Waals surface area contributed by atoms with Crippen LogP contribution >= 0.6 is 0 Å². The highest BCUT2D eigenvalue weighted by Gasteiger charge is 2.37. The van der Waals surface area contributed by atoms with Crippen molar-refractivity contribution in [3.8, 4) is 0 Å². The van der Waals surface area contributed by atoms with Crippen LogP contribution in [-0.2, 0) is 20.8 Å². The molecule has 0 aliphatic heterocycles. The molecule has 2 N–H and O–H groups in total. The second-order valence-electron chi connectivity index (χ2n) is 8.75. The summed E-state index contributed by atoms with van der Waals surface area (Å²) in [5.41, 5.74) is 0.671. The number of carbonyl (C=O) groups excluding carboxylic acids is 3. The van der Waals surface area contributed by atoms with Crippen LogP contribution < -0.4 is 5.32 Å². The normalized spacial score (nSPS) is 14.4. The summed E-state index contributed by atoms with van der Waals surface area (Å²) in [4.78, 5) is 38.2. The zero-order valence-corrected chi connectivity index (χ0v) is 18.4. The fourth-order valence-electron chi connectivity index (χ4n) is 3.20. The smallest absolute Gasteiger partial charge is 0.245 e. The van der Waals surface area contributed by atoms with Crippen LogP contribution in [0.15, 0.2) is 30.3 Å². The van der Waals surface area contributed by atoms with Gasteiger partial charge >= 0.3 is 0 Å². The van der Waals surface area contributed by atoms with Gasteiger partial charge in [0.05, 0.1) is 12.0 Å². The van der Waals surface area contributed by atoms with Gasteiger partial charge in [-0.25, -0.2) is 5.06 Å². The molecule has 0 aliphatic carbocycles. The number of nitrogens with one attached hydrogen (secondary N) is 1. The van der Waals surface area contributed by atoms with Crippen LogP contribution in [0, 0.1) is 11.3 Å². The zero-order chi connectivity index (χ0) is 22.2. The SMILES string of the molecule is C[C@@H]([C@@H](CCCc1ccccc1)C(=O)N[C@@H](C(=O)N(C)C)C(C)(C)C)N(O)C=O. The number of aryl methyl sites for hydroxylation is 1. The Kier molecular flexibility index (Phi) is 9.30. The lowest BCUT2D eigenvalue weighted by Crippen LogP contribution is -2.56. The van der Waals surface area contributed by atoms with E-state index >= 15 is 0 Å². The topological polar surface area (TPSA) is 90.0 Å². The molecule has 3 atom stereocenters. The molecule has 0 spiro atoms. The second-order valence-corrected chi connectivity index (χ2v) is 8.75. The molecule has 29 heavy (non-hydrogen) atoms. The Labute approximate surface area is 174 Å². The Morgan fingerprint density at radius 2 is 1.76 bits per heavy atom. The maximum absolute atomic E-state index is 13.1. The van der Waals surface area contributed by atoms with Gasteiger partial charge in [0.1, 0.15) is 6.04 Å². The van der Waals surface area contributed by atoms with Crippen molar-refractivity contribution in [2.24, 2.45) is 11.3 Å². The Bertz CT molecular complexity index is 670. The molecule has 0 saturated carbocycles. The van der Waals surface area contributed by atoms with Crippen LogP contribution in [0.1, 0.15) is 46.1 Å². The second kappa shape index (κ2) is 11.0. The molecular formula is C22H35N3O4. The average molecular weight is 406 g/mol. The van der Waals surface area contributed by atoms with Crippen molar-refractivity contribution in [2.45, 2.75) is 59.0 Å². The number of hydroxylamine groups is 2. The highest BCUT2D eigenvalue weighted by molar-refractivity contribution is 5.89. The Morgan fingerprint density at radius 3 is 2.24 bits per heavy atom. The highest BCUT2D eigenvalue weighted by Crippen LogP contribution is 2.23. The molecule has 0 aliphatic rings. The van der Waals surface area contributed by atoms with E-state index in [4.69, 9.17) is 0 Å². The van der Waals surface area contributed by atoms with Crippen molar-refractivity contribution in [3.05, 3.63) is 35.9 Å². The van der Waals surface area contributed by atoms with Crippen molar-refractivity contribution in [1.29, 1.82) is 0 Å². The van der Waals surface area contributed by atoms with Crippen molar-refractivity contribution in [1.82, 2.24) is 15.3 Å². The zero-order valence-electron chi connectivity index (χ0n) is 18.4. The number of rotatable bonds is 10. The Hall–Kier alpha value is -2.41. The number of benzene rings is 1. The third-order valence-corrected chi connectivity index (χ3v) is 5.11. The van der Waals surface area contributed by atoms with E-state index in [0.717, 1.165) is 12.0 Å². The van der Waals surface area contributed by atoms with Crippen LogP contribution in [0.25, 0.3) is 0 Å². The minimum absolute atomic E-state index is 0.196. The maximum atomic E-state index is 13.1. The molecule has 0 unspecified atom stereocenters. The minimum Gasteiger partial charge on any atom is -0.347 e. The van der Waals surface area contributed by atoms with Gasteiger partial charge in [0, 0.05) is 14.1 Å². The molecular weight excluding hydrogens is 370 g/mol. The molecule has 0 saturated heterocycles. The lowest BCUT2D eigenvalue weighted by molar-refractivity contribution is -0.166. The minimum atomic E-state index is -0.711. The van der Waals surface area contributed by atoms with Crippen LogP contribution in [0.2, 0.25) is 0 Å². The van der Waals surface area contributed by atoms with Crippen LogP contribution in [0.5, 0.6) is 0 Å². The fraction of sp³-hybridized carbons (Fsp3) is 0.591. The fourth-order valence-corrected chi connectivity index (χ4v) is 3.20. The summed E-state index contributed by atoms with van der Waals surface area (Å²) < 4.78 is 0. The van der Waals surface area contributed by atoms with Gasteiger partial charge in [-0.1, -0.05) is 51.1 Å². The molecule has 0 bridgehead atoms. The summed E-state index contributed by atoms with van der Waals surface area (Å²) >= 11 is 0. The van der Waals surface area contributed by atoms with E-state index in [9.17, 15) is 19.6 Å². The third kappa shape index (κ3) is 7.49. The Morgan fingerprint density at radius 1 is 1.17 bits per heavy atom. The van der Waals surface area contributed by atoms with E-state index < -0.39 is 23.4 Å². The molecule has 162 valence electrons. The molecule has 1 rings (SSSR count). The van der Waals surface area contributed by atoms with Gasteiger partial charge in [-0.3, -0.25) is 19.6 Å². The van der Waals surface area contributed by atoms with Gasteiger partial charge < -0.3 is 10.2 Å². The standard InChI is InChI=1S/C22H35N3O4/c1-16(25(29)15-26)18(14-10-13-17-11-8-7-9-12-17)20(27)23-19(22(2,3)4)21(28)24(5)6/h7-9,11-12,15-16,18-19,29H,10,13-14H2,1-6H3,(H,23,27)/t16-,18+,19-/m0/s1. The molecule has 1 aromatic rings. The van der Waals surface area contributed by atoms with Gasteiger partial charge in [-0.2, -0.15) is 0 Å². The number of hydrogen-bond donors (Lipinski definition) is 2. The van der Waals surface area contributed by atoms with Gasteiger partial charge in [-0.05, 0) is 37.2 Å². The van der Waals surface area contributed by atoms with Crippen molar-refractivity contribution in [2.75, 3.05) is 14.1 Å².